The number of nitrogen functional groups attached to an aromatic ring is 1. The van der Waals surface area contributed by atoms with Gasteiger partial charge in [0.1, 0.15) is 5.82 Å². The molecule has 0 bridgehead atoms. The monoisotopic (exact) mass is 219 g/mol. The molecule has 16 heavy (non-hydrogen) atoms. The normalized spacial score (nSPS) is 18.6. The zero-order valence-corrected chi connectivity index (χ0v) is 9.28. The van der Waals surface area contributed by atoms with E-state index < -0.39 is 5.54 Å². The van der Waals surface area contributed by atoms with E-state index in [0.29, 0.717) is 12.2 Å². The first kappa shape index (κ1) is 11.1. The van der Waals surface area contributed by atoms with Gasteiger partial charge in [-0.25, -0.2) is 4.98 Å². The molecule has 1 saturated carbocycles. The Kier molecular flexibility index (Phi) is 2.92. The Morgan fingerprint density at radius 1 is 1.44 bits per heavy atom. The number of carbonyl (C=O) groups is 1. The maximum absolute atomic E-state index is 12.1. The van der Waals surface area contributed by atoms with E-state index in [1.807, 2.05) is 6.07 Å². The first-order chi connectivity index (χ1) is 7.60. The number of anilines is 1. The first-order valence-electron chi connectivity index (χ1n) is 5.63. The van der Waals surface area contributed by atoms with E-state index in [9.17, 15) is 4.79 Å². The molecule has 1 aromatic heterocycles. The maximum atomic E-state index is 12.1. The van der Waals surface area contributed by atoms with Gasteiger partial charge in [0.15, 0.2) is 5.78 Å². The van der Waals surface area contributed by atoms with Crippen molar-refractivity contribution >= 4 is 11.6 Å². The highest BCUT2D eigenvalue weighted by atomic mass is 16.1. The van der Waals surface area contributed by atoms with Crippen LogP contribution in [0.3, 0.4) is 0 Å². The Balaban J connectivity index is 2.07. The van der Waals surface area contributed by atoms with Crippen molar-refractivity contribution in [2.45, 2.75) is 37.6 Å². The summed E-state index contributed by atoms with van der Waals surface area (Å²) in [6.07, 6.45) is 5.72. The summed E-state index contributed by atoms with van der Waals surface area (Å²) in [4.78, 5) is 16.0. The van der Waals surface area contributed by atoms with Gasteiger partial charge in [-0.3, -0.25) is 4.79 Å². The third-order valence-electron chi connectivity index (χ3n) is 3.26. The summed E-state index contributed by atoms with van der Waals surface area (Å²) in [6, 6.07) is 3.54. The van der Waals surface area contributed by atoms with Crippen LogP contribution in [0.25, 0.3) is 0 Å². The molecule has 0 saturated heterocycles. The standard InChI is InChI=1S/C12H17N3O/c13-11-8-9(3-6-15-11)7-10(16)12(14)4-1-2-5-12/h3,6,8H,1-2,4-5,7,14H2,(H2,13,15). The minimum atomic E-state index is -0.599. The van der Waals surface area contributed by atoms with E-state index in [4.69, 9.17) is 11.5 Å². The van der Waals surface area contributed by atoms with Gasteiger partial charge >= 0.3 is 0 Å². The van der Waals surface area contributed by atoms with E-state index >= 15 is 0 Å². The predicted octanol–water partition coefficient (Wildman–Crippen LogP) is 1.05. The lowest BCUT2D eigenvalue weighted by Gasteiger charge is -2.21. The van der Waals surface area contributed by atoms with Gasteiger partial charge in [-0.05, 0) is 30.5 Å². The fourth-order valence-corrected chi connectivity index (χ4v) is 2.25. The van der Waals surface area contributed by atoms with E-state index in [-0.39, 0.29) is 5.78 Å². The molecule has 0 atom stereocenters. The van der Waals surface area contributed by atoms with Crippen molar-refractivity contribution in [3.8, 4) is 0 Å². The smallest absolute Gasteiger partial charge is 0.156 e. The van der Waals surface area contributed by atoms with Crippen LogP contribution < -0.4 is 11.5 Å². The number of hydrogen-bond acceptors (Lipinski definition) is 4. The minimum Gasteiger partial charge on any atom is -0.384 e. The minimum absolute atomic E-state index is 0.121. The lowest BCUT2D eigenvalue weighted by Crippen LogP contribution is -2.46. The predicted molar refractivity (Wildman–Crippen MR) is 62.7 cm³/mol. The van der Waals surface area contributed by atoms with E-state index in [2.05, 4.69) is 4.98 Å². The summed E-state index contributed by atoms with van der Waals surface area (Å²) in [5.41, 5.74) is 12.0. The van der Waals surface area contributed by atoms with Crippen LogP contribution in [0, 0.1) is 0 Å². The molecule has 2 rings (SSSR count). The molecule has 86 valence electrons. The van der Waals surface area contributed by atoms with Crippen LogP contribution in [0.1, 0.15) is 31.2 Å². The van der Waals surface area contributed by atoms with Crippen LogP contribution in [0.5, 0.6) is 0 Å². The summed E-state index contributed by atoms with van der Waals surface area (Å²) in [7, 11) is 0. The largest absolute Gasteiger partial charge is 0.384 e. The first-order valence-corrected chi connectivity index (χ1v) is 5.63. The van der Waals surface area contributed by atoms with Crippen LogP contribution in [0.2, 0.25) is 0 Å². The zero-order chi connectivity index (χ0) is 11.6. The summed E-state index contributed by atoms with van der Waals surface area (Å²) >= 11 is 0. The molecule has 4 nitrogen and oxygen atoms in total. The van der Waals surface area contributed by atoms with Crippen molar-refractivity contribution in [1.29, 1.82) is 0 Å². The van der Waals surface area contributed by atoms with E-state index in [1.165, 1.54) is 0 Å². The van der Waals surface area contributed by atoms with Crippen LogP contribution >= 0.6 is 0 Å². The zero-order valence-electron chi connectivity index (χ0n) is 9.28. The van der Waals surface area contributed by atoms with Crippen LogP contribution in [-0.2, 0) is 11.2 Å². The second kappa shape index (κ2) is 4.22. The third-order valence-corrected chi connectivity index (χ3v) is 3.26. The highest BCUT2D eigenvalue weighted by Crippen LogP contribution is 2.29. The molecular formula is C12H17N3O. The summed E-state index contributed by atoms with van der Waals surface area (Å²) in [5.74, 6) is 0.568. The van der Waals surface area contributed by atoms with Crippen molar-refractivity contribution in [2.75, 3.05) is 5.73 Å². The van der Waals surface area contributed by atoms with Gasteiger partial charge in [0, 0.05) is 12.6 Å². The fourth-order valence-electron chi connectivity index (χ4n) is 2.25. The van der Waals surface area contributed by atoms with E-state index in [0.717, 1.165) is 31.2 Å². The number of nitrogens with two attached hydrogens (primary N) is 2. The molecular weight excluding hydrogens is 202 g/mol. The molecule has 1 aliphatic rings. The Labute approximate surface area is 95.0 Å². The molecule has 1 fully saturated rings. The molecule has 1 aromatic rings. The summed E-state index contributed by atoms with van der Waals surface area (Å²) < 4.78 is 0. The molecule has 1 aliphatic carbocycles. The molecule has 4 heteroatoms. The van der Waals surface area contributed by atoms with Crippen molar-refractivity contribution in [3.63, 3.8) is 0 Å². The third kappa shape index (κ3) is 2.22. The lowest BCUT2D eigenvalue weighted by molar-refractivity contribution is -0.123. The topological polar surface area (TPSA) is 82.0 Å². The van der Waals surface area contributed by atoms with Gasteiger partial charge in [0.2, 0.25) is 0 Å². The number of rotatable bonds is 3. The number of nitrogens with zero attached hydrogens (tertiary/aromatic N) is 1. The summed E-state index contributed by atoms with van der Waals surface area (Å²) in [6.45, 7) is 0. The molecule has 0 radical (unpaired) electrons. The SMILES string of the molecule is Nc1cc(CC(=O)C2(N)CCCC2)ccn1. The second-order valence-electron chi connectivity index (χ2n) is 4.55. The Bertz CT molecular complexity index is 397. The highest BCUT2D eigenvalue weighted by Gasteiger charge is 2.36. The van der Waals surface area contributed by atoms with Gasteiger partial charge in [-0.2, -0.15) is 0 Å². The number of carbonyl (C=O) groups excluding carboxylic acids is 1. The van der Waals surface area contributed by atoms with Crippen molar-refractivity contribution in [2.24, 2.45) is 5.73 Å². The molecule has 0 aromatic carbocycles. The van der Waals surface area contributed by atoms with Gasteiger partial charge in [-0.1, -0.05) is 12.8 Å². The Morgan fingerprint density at radius 3 is 2.75 bits per heavy atom. The average Bonchev–Trinajstić information content (AvgIpc) is 2.66. The molecule has 0 amide bonds. The number of aromatic nitrogens is 1. The Hall–Kier alpha value is -1.42. The molecule has 0 spiro atoms. The second-order valence-corrected chi connectivity index (χ2v) is 4.55. The van der Waals surface area contributed by atoms with Gasteiger partial charge in [0.25, 0.3) is 0 Å². The molecule has 0 unspecified atom stereocenters. The number of Topliss-reactive ketones (excluding diaryl/α,β-unsaturated/α-hetero) is 1. The molecule has 4 N–H and O–H groups in total. The summed E-state index contributed by atoms with van der Waals surface area (Å²) in [5, 5.41) is 0. The lowest BCUT2D eigenvalue weighted by atomic mass is 9.89. The van der Waals surface area contributed by atoms with Gasteiger partial charge in [-0.15, -0.1) is 0 Å². The average molecular weight is 219 g/mol. The number of ketones is 1. The highest BCUT2D eigenvalue weighted by molar-refractivity contribution is 5.90. The Morgan fingerprint density at radius 2 is 2.12 bits per heavy atom. The van der Waals surface area contributed by atoms with Crippen LogP contribution in [0.4, 0.5) is 5.82 Å². The maximum Gasteiger partial charge on any atom is 0.156 e. The molecule has 1 heterocycles. The molecule has 0 aliphatic heterocycles. The number of pyridine rings is 1. The number of hydrogen-bond donors (Lipinski definition) is 2. The van der Waals surface area contributed by atoms with Gasteiger partial charge < -0.3 is 11.5 Å². The van der Waals surface area contributed by atoms with E-state index in [1.54, 1.807) is 12.3 Å². The van der Waals surface area contributed by atoms with Crippen LogP contribution in [-0.4, -0.2) is 16.3 Å². The fraction of sp³-hybridized carbons (Fsp3) is 0.500. The van der Waals surface area contributed by atoms with Crippen molar-refractivity contribution < 1.29 is 4.79 Å². The van der Waals surface area contributed by atoms with Crippen molar-refractivity contribution in [3.05, 3.63) is 23.9 Å². The van der Waals surface area contributed by atoms with Crippen LogP contribution in [0.15, 0.2) is 18.3 Å². The quantitative estimate of drug-likeness (QED) is 0.796. The van der Waals surface area contributed by atoms with Gasteiger partial charge in [0.05, 0.1) is 5.54 Å². The van der Waals surface area contributed by atoms with Crippen molar-refractivity contribution in [1.82, 2.24) is 4.98 Å².